The number of sulfonamides is 1. The lowest BCUT2D eigenvalue weighted by molar-refractivity contribution is -0.384. The first-order valence-electron chi connectivity index (χ1n) is 8.64. The van der Waals surface area contributed by atoms with E-state index < -0.39 is 14.9 Å². The van der Waals surface area contributed by atoms with Gasteiger partial charge in [-0.2, -0.15) is 0 Å². The number of nitro benzene ring substituents is 1. The molecular weight excluding hydrogens is 406 g/mol. The average Bonchev–Trinajstić information content (AvgIpc) is 2.68. The van der Waals surface area contributed by atoms with Crippen molar-refractivity contribution in [2.24, 2.45) is 0 Å². The number of benzene rings is 2. The highest BCUT2D eigenvalue weighted by Gasteiger charge is 2.24. The Kier molecular flexibility index (Phi) is 5.85. The second-order valence-electron chi connectivity index (χ2n) is 6.40. The molecule has 1 aliphatic rings. The minimum absolute atomic E-state index is 0.0708. The van der Waals surface area contributed by atoms with Crippen LogP contribution in [0.4, 0.5) is 11.4 Å². The number of amides is 1. The summed E-state index contributed by atoms with van der Waals surface area (Å²) in [6.07, 6.45) is 2.87. The Labute approximate surface area is 167 Å². The van der Waals surface area contributed by atoms with Crippen molar-refractivity contribution in [3.05, 3.63) is 63.2 Å². The molecule has 0 unspecified atom stereocenters. The van der Waals surface area contributed by atoms with Crippen molar-refractivity contribution in [2.75, 3.05) is 17.8 Å². The third-order valence-corrected chi connectivity index (χ3v) is 6.07. The number of anilines is 1. The van der Waals surface area contributed by atoms with Crippen LogP contribution < -0.4 is 4.72 Å². The van der Waals surface area contributed by atoms with Gasteiger partial charge >= 0.3 is 0 Å². The van der Waals surface area contributed by atoms with E-state index in [-0.39, 0.29) is 32.8 Å². The zero-order valence-electron chi connectivity index (χ0n) is 14.8. The number of rotatable bonds is 5. The third-order valence-electron chi connectivity index (χ3n) is 4.46. The number of carbonyl (C=O) groups is 1. The van der Waals surface area contributed by atoms with Crippen LogP contribution in [0, 0.1) is 10.1 Å². The summed E-state index contributed by atoms with van der Waals surface area (Å²) in [7, 11) is -4.06. The monoisotopic (exact) mass is 423 g/mol. The van der Waals surface area contributed by atoms with Gasteiger partial charge in [0.05, 0.1) is 21.1 Å². The number of non-ortho nitro benzene ring substituents is 1. The highest BCUT2D eigenvalue weighted by atomic mass is 35.5. The maximum Gasteiger partial charge on any atom is 0.269 e. The Bertz CT molecular complexity index is 1000. The van der Waals surface area contributed by atoms with Gasteiger partial charge in [-0.1, -0.05) is 11.6 Å². The van der Waals surface area contributed by atoms with E-state index in [1.165, 1.54) is 18.2 Å². The van der Waals surface area contributed by atoms with Crippen molar-refractivity contribution < 1.29 is 18.1 Å². The van der Waals surface area contributed by atoms with Gasteiger partial charge in [0, 0.05) is 30.2 Å². The predicted molar refractivity (Wildman–Crippen MR) is 105 cm³/mol. The van der Waals surface area contributed by atoms with Gasteiger partial charge in [-0.3, -0.25) is 19.6 Å². The Hall–Kier alpha value is -2.65. The topological polar surface area (TPSA) is 110 Å². The van der Waals surface area contributed by atoms with Crippen LogP contribution in [0.1, 0.15) is 29.6 Å². The molecule has 0 aromatic heterocycles. The molecule has 0 saturated carbocycles. The first-order chi connectivity index (χ1) is 13.3. The van der Waals surface area contributed by atoms with Crippen molar-refractivity contribution in [1.29, 1.82) is 0 Å². The number of hydrogen-bond acceptors (Lipinski definition) is 5. The average molecular weight is 424 g/mol. The molecule has 0 atom stereocenters. The predicted octanol–water partition coefficient (Wildman–Crippen LogP) is 3.68. The van der Waals surface area contributed by atoms with Gasteiger partial charge < -0.3 is 4.90 Å². The van der Waals surface area contributed by atoms with E-state index in [2.05, 4.69) is 4.72 Å². The molecule has 0 bridgehead atoms. The number of carbonyl (C=O) groups excluding carboxylic acids is 1. The number of nitrogens with zero attached hydrogens (tertiary/aromatic N) is 2. The lowest BCUT2D eigenvalue weighted by atomic mass is 10.1. The first kappa shape index (κ1) is 20.1. The maximum atomic E-state index is 12.8. The molecule has 1 amide bonds. The summed E-state index contributed by atoms with van der Waals surface area (Å²) in [6.45, 7) is 1.24. The van der Waals surface area contributed by atoms with Gasteiger partial charge in [-0.05, 0) is 49.6 Å². The molecular formula is C18H18ClN3O5S. The maximum absolute atomic E-state index is 12.8. The van der Waals surface area contributed by atoms with Gasteiger partial charge in [-0.15, -0.1) is 0 Å². The molecule has 148 valence electrons. The Morgan fingerprint density at radius 2 is 1.71 bits per heavy atom. The second-order valence-corrected chi connectivity index (χ2v) is 8.52. The molecule has 28 heavy (non-hydrogen) atoms. The molecule has 8 nitrogen and oxygen atoms in total. The lowest BCUT2D eigenvalue weighted by Gasteiger charge is -2.27. The molecule has 1 fully saturated rings. The Balaban J connectivity index is 1.91. The van der Waals surface area contributed by atoms with E-state index in [1.807, 2.05) is 0 Å². The summed E-state index contributed by atoms with van der Waals surface area (Å²) in [5.74, 6) is -0.266. The molecule has 2 aromatic rings. The van der Waals surface area contributed by atoms with Crippen molar-refractivity contribution in [3.8, 4) is 0 Å². The summed E-state index contributed by atoms with van der Waals surface area (Å²) < 4.78 is 27.8. The third kappa shape index (κ3) is 4.42. The molecule has 1 N–H and O–H groups in total. The quantitative estimate of drug-likeness (QED) is 0.582. The van der Waals surface area contributed by atoms with E-state index in [0.29, 0.717) is 13.1 Å². The van der Waals surface area contributed by atoms with Crippen molar-refractivity contribution in [2.45, 2.75) is 24.2 Å². The molecule has 0 radical (unpaired) electrons. The standard InChI is InChI=1S/C18H18ClN3O5S/c19-13-4-9-16(18(23)21-10-2-1-3-11-21)17(12-13)20-28(26,27)15-7-5-14(6-8-15)22(24)25/h4-9,12,20H,1-3,10-11H2. The minimum atomic E-state index is -4.06. The van der Waals surface area contributed by atoms with E-state index in [4.69, 9.17) is 11.6 Å². The van der Waals surface area contributed by atoms with Crippen LogP contribution in [-0.2, 0) is 10.0 Å². The van der Waals surface area contributed by atoms with Crippen LogP contribution >= 0.6 is 11.6 Å². The van der Waals surface area contributed by atoms with E-state index >= 15 is 0 Å². The van der Waals surface area contributed by atoms with Gasteiger partial charge in [0.1, 0.15) is 0 Å². The number of hydrogen-bond donors (Lipinski definition) is 1. The fourth-order valence-corrected chi connectivity index (χ4v) is 4.25. The second kappa shape index (κ2) is 8.15. The molecule has 0 spiro atoms. The summed E-state index contributed by atoms with van der Waals surface area (Å²) in [5.41, 5.74) is 0.0564. The largest absolute Gasteiger partial charge is 0.339 e. The van der Waals surface area contributed by atoms with E-state index in [9.17, 15) is 23.3 Å². The number of halogens is 1. The number of nitrogens with one attached hydrogen (secondary N) is 1. The summed E-state index contributed by atoms with van der Waals surface area (Å²) in [6, 6.07) is 8.88. The fraction of sp³-hybridized carbons (Fsp3) is 0.278. The normalized spacial score (nSPS) is 14.5. The van der Waals surface area contributed by atoms with Gasteiger partial charge in [0.25, 0.3) is 21.6 Å². The van der Waals surface area contributed by atoms with Crippen LogP contribution in [0.15, 0.2) is 47.4 Å². The number of nitro groups is 1. The van der Waals surface area contributed by atoms with Crippen LogP contribution in [0.3, 0.4) is 0 Å². The highest BCUT2D eigenvalue weighted by Crippen LogP contribution is 2.27. The first-order valence-corrected chi connectivity index (χ1v) is 10.5. The highest BCUT2D eigenvalue weighted by molar-refractivity contribution is 7.92. The Morgan fingerprint density at radius 3 is 2.32 bits per heavy atom. The Morgan fingerprint density at radius 1 is 1.07 bits per heavy atom. The van der Waals surface area contributed by atoms with Crippen LogP contribution in [-0.4, -0.2) is 37.2 Å². The zero-order chi connectivity index (χ0) is 20.3. The fourth-order valence-electron chi connectivity index (χ4n) is 3.01. The summed E-state index contributed by atoms with van der Waals surface area (Å²) >= 11 is 6.00. The van der Waals surface area contributed by atoms with Crippen LogP contribution in [0.2, 0.25) is 5.02 Å². The van der Waals surface area contributed by atoms with Gasteiger partial charge in [0.2, 0.25) is 0 Å². The molecule has 1 heterocycles. The lowest BCUT2D eigenvalue weighted by Crippen LogP contribution is -2.36. The number of piperidine rings is 1. The SMILES string of the molecule is O=C(c1ccc(Cl)cc1NS(=O)(=O)c1ccc([N+](=O)[O-])cc1)N1CCCCC1. The van der Waals surface area contributed by atoms with Gasteiger partial charge in [0.15, 0.2) is 0 Å². The van der Waals surface area contributed by atoms with E-state index in [0.717, 1.165) is 43.5 Å². The molecule has 0 aliphatic carbocycles. The molecule has 1 aliphatic heterocycles. The van der Waals surface area contributed by atoms with Crippen LogP contribution in [0.5, 0.6) is 0 Å². The van der Waals surface area contributed by atoms with Crippen LogP contribution in [0.25, 0.3) is 0 Å². The minimum Gasteiger partial charge on any atom is -0.339 e. The van der Waals surface area contributed by atoms with Crippen molar-refractivity contribution >= 4 is 38.9 Å². The molecule has 10 heteroatoms. The van der Waals surface area contributed by atoms with Crippen molar-refractivity contribution in [1.82, 2.24) is 4.90 Å². The van der Waals surface area contributed by atoms with Gasteiger partial charge in [-0.25, -0.2) is 8.42 Å². The molecule has 1 saturated heterocycles. The van der Waals surface area contributed by atoms with E-state index in [1.54, 1.807) is 4.90 Å². The molecule has 2 aromatic carbocycles. The number of likely N-dealkylation sites (tertiary alicyclic amines) is 1. The summed E-state index contributed by atoms with van der Waals surface area (Å²) in [5, 5.41) is 11.0. The zero-order valence-corrected chi connectivity index (χ0v) is 16.4. The summed E-state index contributed by atoms with van der Waals surface area (Å²) in [4.78, 5) is 24.5. The van der Waals surface area contributed by atoms with Crippen molar-refractivity contribution in [3.63, 3.8) is 0 Å². The smallest absolute Gasteiger partial charge is 0.269 e. The molecule has 3 rings (SSSR count).